The van der Waals surface area contributed by atoms with E-state index in [9.17, 15) is 8.78 Å². The number of benzene rings is 1. The molecule has 0 heterocycles. The monoisotopic (exact) mass is 303 g/mol. The lowest BCUT2D eigenvalue weighted by molar-refractivity contribution is 0.357. The first-order chi connectivity index (χ1) is 8.04. The molecule has 2 rings (SSSR count). The average molecular weight is 304 g/mol. The molecule has 0 aliphatic heterocycles. The van der Waals surface area contributed by atoms with E-state index in [0.717, 1.165) is 0 Å². The minimum atomic E-state index is -0.412. The largest absolute Gasteiger partial charge is 0.313 e. The van der Waals surface area contributed by atoms with Crippen LogP contribution in [-0.4, -0.2) is 7.05 Å². The van der Waals surface area contributed by atoms with E-state index in [0.29, 0.717) is 17.4 Å². The molecule has 94 valence electrons. The quantitative estimate of drug-likeness (QED) is 0.828. The van der Waals surface area contributed by atoms with Crippen LogP contribution in [0.3, 0.4) is 0 Å². The standard InChI is InChI=1S/C13H16BrF2N/c1-7(8-3-4-8)13(17-2)9-5-12(16)10(14)6-11(9)15/h5-8,13,17H,3-4H2,1-2H3. The van der Waals surface area contributed by atoms with Crippen LogP contribution in [0.4, 0.5) is 8.78 Å². The lowest BCUT2D eigenvalue weighted by Gasteiger charge is -2.24. The van der Waals surface area contributed by atoms with Gasteiger partial charge in [0.25, 0.3) is 0 Å². The van der Waals surface area contributed by atoms with Gasteiger partial charge >= 0.3 is 0 Å². The summed E-state index contributed by atoms with van der Waals surface area (Å²) in [5.74, 6) is 0.198. The van der Waals surface area contributed by atoms with Crippen LogP contribution < -0.4 is 5.32 Å². The number of hydrogen-bond acceptors (Lipinski definition) is 1. The van der Waals surface area contributed by atoms with E-state index in [1.54, 1.807) is 7.05 Å². The summed E-state index contributed by atoms with van der Waals surface area (Å²) in [4.78, 5) is 0. The Labute approximate surface area is 109 Å². The average Bonchev–Trinajstić information content (AvgIpc) is 3.09. The fourth-order valence-electron chi connectivity index (χ4n) is 2.37. The maximum absolute atomic E-state index is 13.9. The summed E-state index contributed by atoms with van der Waals surface area (Å²) in [6.07, 6.45) is 2.39. The van der Waals surface area contributed by atoms with E-state index in [2.05, 4.69) is 28.2 Å². The Morgan fingerprint density at radius 2 is 1.94 bits per heavy atom. The van der Waals surface area contributed by atoms with E-state index in [1.165, 1.54) is 25.0 Å². The van der Waals surface area contributed by atoms with Gasteiger partial charge in [0.2, 0.25) is 0 Å². The molecular weight excluding hydrogens is 288 g/mol. The Morgan fingerprint density at radius 3 is 2.47 bits per heavy atom. The van der Waals surface area contributed by atoms with Crippen LogP contribution in [0, 0.1) is 23.5 Å². The van der Waals surface area contributed by atoms with Crippen molar-refractivity contribution in [3.63, 3.8) is 0 Å². The second-order valence-electron chi connectivity index (χ2n) is 4.75. The van der Waals surface area contributed by atoms with Gasteiger partial charge in [-0.2, -0.15) is 0 Å². The molecule has 0 aromatic heterocycles. The Balaban J connectivity index is 2.32. The van der Waals surface area contributed by atoms with Gasteiger partial charge in [-0.15, -0.1) is 0 Å². The first-order valence-electron chi connectivity index (χ1n) is 5.86. The number of nitrogens with one attached hydrogen (secondary N) is 1. The van der Waals surface area contributed by atoms with Crippen LogP contribution in [0.15, 0.2) is 16.6 Å². The zero-order chi connectivity index (χ0) is 12.6. The van der Waals surface area contributed by atoms with Gasteiger partial charge < -0.3 is 5.32 Å². The van der Waals surface area contributed by atoms with Gasteiger partial charge in [0, 0.05) is 11.6 Å². The van der Waals surface area contributed by atoms with Gasteiger partial charge in [0.15, 0.2) is 0 Å². The van der Waals surface area contributed by atoms with Gasteiger partial charge in [-0.3, -0.25) is 0 Å². The van der Waals surface area contributed by atoms with Crippen LogP contribution in [0.5, 0.6) is 0 Å². The molecule has 2 atom stereocenters. The highest BCUT2D eigenvalue weighted by atomic mass is 79.9. The van der Waals surface area contributed by atoms with E-state index in [-0.39, 0.29) is 16.3 Å². The van der Waals surface area contributed by atoms with Gasteiger partial charge in [0.1, 0.15) is 11.6 Å². The smallest absolute Gasteiger partial charge is 0.137 e. The molecule has 1 fully saturated rings. The molecule has 1 aromatic carbocycles. The third-order valence-corrected chi connectivity index (χ3v) is 4.18. The van der Waals surface area contributed by atoms with Gasteiger partial charge in [-0.25, -0.2) is 8.78 Å². The molecule has 1 nitrogen and oxygen atoms in total. The summed E-state index contributed by atoms with van der Waals surface area (Å²) in [6, 6.07) is 2.37. The molecule has 17 heavy (non-hydrogen) atoms. The minimum absolute atomic E-state index is 0.120. The highest BCUT2D eigenvalue weighted by Crippen LogP contribution is 2.43. The fraction of sp³-hybridized carbons (Fsp3) is 0.538. The van der Waals surface area contributed by atoms with Gasteiger partial charge in [0.05, 0.1) is 4.47 Å². The first kappa shape index (κ1) is 13.0. The Kier molecular flexibility index (Phi) is 3.83. The summed E-state index contributed by atoms with van der Waals surface area (Å²) >= 11 is 2.99. The maximum atomic E-state index is 13.9. The van der Waals surface area contributed by atoms with Crippen molar-refractivity contribution >= 4 is 15.9 Å². The van der Waals surface area contributed by atoms with E-state index in [4.69, 9.17) is 0 Å². The van der Waals surface area contributed by atoms with Crippen molar-refractivity contribution < 1.29 is 8.78 Å². The highest BCUT2D eigenvalue weighted by Gasteiger charge is 2.34. The summed E-state index contributed by atoms with van der Waals surface area (Å²) < 4.78 is 27.5. The van der Waals surface area contributed by atoms with Crippen molar-refractivity contribution in [1.29, 1.82) is 0 Å². The molecule has 2 unspecified atom stereocenters. The zero-order valence-corrected chi connectivity index (χ0v) is 11.5. The molecular formula is C13H16BrF2N. The predicted molar refractivity (Wildman–Crippen MR) is 67.7 cm³/mol. The molecule has 4 heteroatoms. The third-order valence-electron chi connectivity index (χ3n) is 3.58. The number of hydrogen-bond donors (Lipinski definition) is 1. The molecule has 0 amide bonds. The van der Waals surface area contributed by atoms with Crippen molar-refractivity contribution in [3.05, 3.63) is 33.8 Å². The second kappa shape index (κ2) is 5.02. The summed E-state index contributed by atoms with van der Waals surface area (Å²) in [5, 5.41) is 3.10. The zero-order valence-electron chi connectivity index (χ0n) is 9.93. The number of halogens is 3. The van der Waals surface area contributed by atoms with Crippen LogP contribution in [0.1, 0.15) is 31.4 Å². The van der Waals surface area contributed by atoms with Crippen LogP contribution in [0.25, 0.3) is 0 Å². The molecule has 0 bridgehead atoms. The fourth-order valence-corrected chi connectivity index (χ4v) is 2.69. The van der Waals surface area contributed by atoms with Crippen LogP contribution >= 0.6 is 15.9 Å². The maximum Gasteiger partial charge on any atom is 0.137 e. The van der Waals surface area contributed by atoms with Crippen molar-refractivity contribution in [2.45, 2.75) is 25.8 Å². The van der Waals surface area contributed by atoms with Crippen molar-refractivity contribution in [3.8, 4) is 0 Å². The second-order valence-corrected chi connectivity index (χ2v) is 5.61. The molecule has 1 aliphatic carbocycles. The van der Waals surface area contributed by atoms with Gasteiger partial charge in [-0.05, 0) is 59.8 Å². The van der Waals surface area contributed by atoms with Crippen LogP contribution in [0.2, 0.25) is 0 Å². The minimum Gasteiger partial charge on any atom is -0.313 e. The first-order valence-corrected chi connectivity index (χ1v) is 6.65. The molecule has 1 aliphatic rings. The summed E-state index contributed by atoms with van der Waals surface area (Å²) in [7, 11) is 1.79. The molecule has 0 spiro atoms. The molecule has 1 saturated carbocycles. The van der Waals surface area contributed by atoms with E-state index in [1.807, 2.05) is 0 Å². The van der Waals surface area contributed by atoms with Crippen molar-refractivity contribution in [2.24, 2.45) is 11.8 Å². The normalized spacial score (nSPS) is 19.1. The number of rotatable bonds is 4. The van der Waals surface area contributed by atoms with Crippen molar-refractivity contribution in [2.75, 3.05) is 7.05 Å². The third kappa shape index (κ3) is 2.68. The van der Waals surface area contributed by atoms with Crippen molar-refractivity contribution in [1.82, 2.24) is 5.32 Å². The predicted octanol–water partition coefficient (Wildman–Crippen LogP) is 4.03. The molecule has 0 saturated heterocycles. The Morgan fingerprint density at radius 1 is 1.29 bits per heavy atom. The summed E-state index contributed by atoms with van der Waals surface area (Å²) in [6.45, 7) is 2.10. The molecule has 1 aromatic rings. The topological polar surface area (TPSA) is 12.0 Å². The van der Waals surface area contributed by atoms with Gasteiger partial charge in [-0.1, -0.05) is 6.92 Å². The highest BCUT2D eigenvalue weighted by molar-refractivity contribution is 9.10. The molecule has 1 N–H and O–H groups in total. The lowest BCUT2D eigenvalue weighted by Crippen LogP contribution is -2.26. The summed E-state index contributed by atoms with van der Waals surface area (Å²) in [5.41, 5.74) is 0.424. The van der Waals surface area contributed by atoms with E-state index < -0.39 is 5.82 Å². The molecule has 0 radical (unpaired) electrons. The Hall–Kier alpha value is -0.480. The van der Waals surface area contributed by atoms with E-state index >= 15 is 0 Å². The SMILES string of the molecule is CNC(c1cc(F)c(Br)cc1F)C(C)C1CC1. The lowest BCUT2D eigenvalue weighted by atomic mass is 9.90. The van der Waals surface area contributed by atoms with Crippen LogP contribution in [-0.2, 0) is 0 Å². The Bertz CT molecular complexity index is 418.